The molecule has 0 saturated heterocycles. The number of rotatable bonds is 4. The number of hydrogen-bond acceptors (Lipinski definition) is 4. The van der Waals surface area contributed by atoms with Gasteiger partial charge in [0.2, 0.25) is 0 Å². The van der Waals surface area contributed by atoms with E-state index in [2.05, 4.69) is 27.4 Å². The summed E-state index contributed by atoms with van der Waals surface area (Å²) in [5.74, 6) is 0. The van der Waals surface area contributed by atoms with Crippen LogP contribution in [0.4, 0.5) is 0 Å². The van der Waals surface area contributed by atoms with E-state index in [-0.39, 0.29) is 0 Å². The second-order valence-electron chi connectivity index (χ2n) is 4.00. The Bertz CT molecular complexity index is 457. The summed E-state index contributed by atoms with van der Waals surface area (Å²) in [4.78, 5) is 2.18. The molecule has 0 aliphatic rings. The molecule has 0 amide bonds. The van der Waals surface area contributed by atoms with Gasteiger partial charge in [0.1, 0.15) is 0 Å². The zero-order valence-corrected chi connectivity index (χ0v) is 9.83. The molecule has 0 bridgehead atoms. The van der Waals surface area contributed by atoms with Gasteiger partial charge in [0.25, 0.3) is 0 Å². The highest BCUT2D eigenvalue weighted by Crippen LogP contribution is 2.04. The Balaban J connectivity index is 1.94. The maximum Gasteiger partial charge on any atom is 0.0967 e. The highest BCUT2D eigenvalue weighted by atomic mass is 15.4. The fraction of sp³-hybridized carbons (Fsp3) is 0.500. The van der Waals surface area contributed by atoms with Crippen LogP contribution in [-0.4, -0.2) is 36.7 Å². The molecule has 0 atom stereocenters. The van der Waals surface area contributed by atoms with Crippen LogP contribution in [0, 0.1) is 0 Å². The lowest BCUT2D eigenvalue weighted by atomic mass is 10.3. The minimum Gasteiger partial charge on any atom is -0.295 e. The van der Waals surface area contributed by atoms with E-state index in [9.17, 15) is 0 Å². The van der Waals surface area contributed by atoms with Crippen molar-refractivity contribution < 1.29 is 0 Å². The van der Waals surface area contributed by atoms with Crippen LogP contribution in [0.25, 0.3) is 0 Å². The largest absolute Gasteiger partial charge is 0.295 e. The first-order chi connectivity index (χ1) is 7.65. The van der Waals surface area contributed by atoms with Gasteiger partial charge in [-0.2, -0.15) is 5.10 Å². The summed E-state index contributed by atoms with van der Waals surface area (Å²) in [6.07, 6.45) is 3.74. The third-order valence-corrected chi connectivity index (χ3v) is 2.44. The van der Waals surface area contributed by atoms with Crippen molar-refractivity contribution in [2.45, 2.75) is 13.1 Å². The Morgan fingerprint density at radius 2 is 2.12 bits per heavy atom. The van der Waals surface area contributed by atoms with Crippen LogP contribution in [0.5, 0.6) is 0 Å². The number of aromatic nitrogens is 5. The van der Waals surface area contributed by atoms with Gasteiger partial charge in [0, 0.05) is 39.6 Å². The van der Waals surface area contributed by atoms with E-state index < -0.39 is 0 Å². The Kier molecular flexibility index (Phi) is 3.00. The van der Waals surface area contributed by atoms with Gasteiger partial charge in [0.05, 0.1) is 11.4 Å². The lowest BCUT2D eigenvalue weighted by molar-refractivity contribution is 0.305. The molecule has 0 N–H and O–H groups in total. The number of nitrogens with zero attached hydrogens (tertiary/aromatic N) is 6. The molecule has 0 unspecified atom stereocenters. The summed E-state index contributed by atoms with van der Waals surface area (Å²) in [7, 11) is 5.88. The minimum absolute atomic E-state index is 0.791. The van der Waals surface area contributed by atoms with Crippen molar-refractivity contribution in [2.75, 3.05) is 7.05 Å². The van der Waals surface area contributed by atoms with Gasteiger partial charge in [-0.1, -0.05) is 5.21 Å². The maximum atomic E-state index is 4.14. The molecule has 2 rings (SSSR count). The van der Waals surface area contributed by atoms with Crippen LogP contribution in [0.15, 0.2) is 18.5 Å². The van der Waals surface area contributed by atoms with Gasteiger partial charge in [-0.25, -0.2) is 0 Å². The van der Waals surface area contributed by atoms with Crippen molar-refractivity contribution >= 4 is 0 Å². The van der Waals surface area contributed by atoms with Gasteiger partial charge < -0.3 is 0 Å². The van der Waals surface area contributed by atoms with Gasteiger partial charge in [-0.05, 0) is 13.1 Å². The van der Waals surface area contributed by atoms with Crippen LogP contribution in [0.2, 0.25) is 0 Å². The fourth-order valence-electron chi connectivity index (χ4n) is 1.63. The van der Waals surface area contributed by atoms with E-state index in [0.29, 0.717) is 0 Å². The third-order valence-electron chi connectivity index (χ3n) is 2.44. The van der Waals surface area contributed by atoms with Crippen LogP contribution in [-0.2, 0) is 27.2 Å². The average molecular weight is 220 g/mol. The van der Waals surface area contributed by atoms with E-state index in [4.69, 9.17) is 0 Å². The van der Waals surface area contributed by atoms with E-state index in [0.717, 1.165) is 18.8 Å². The van der Waals surface area contributed by atoms with Crippen LogP contribution in [0.1, 0.15) is 11.4 Å². The summed E-state index contributed by atoms with van der Waals surface area (Å²) < 4.78 is 3.60. The summed E-state index contributed by atoms with van der Waals surface area (Å²) in [5, 5.41) is 12.1. The quantitative estimate of drug-likeness (QED) is 0.737. The van der Waals surface area contributed by atoms with Crippen molar-refractivity contribution in [3.8, 4) is 0 Å². The summed E-state index contributed by atoms with van der Waals surface area (Å²) in [5.41, 5.74) is 2.17. The van der Waals surface area contributed by atoms with Gasteiger partial charge in [-0.3, -0.25) is 14.3 Å². The fourth-order valence-corrected chi connectivity index (χ4v) is 1.63. The van der Waals surface area contributed by atoms with Crippen molar-refractivity contribution in [1.29, 1.82) is 0 Å². The van der Waals surface area contributed by atoms with Gasteiger partial charge in [0.15, 0.2) is 0 Å². The molecule has 6 nitrogen and oxygen atoms in total. The predicted molar refractivity (Wildman–Crippen MR) is 59.4 cm³/mol. The molecule has 2 heterocycles. The molecule has 86 valence electrons. The topological polar surface area (TPSA) is 51.8 Å². The first kappa shape index (κ1) is 10.8. The average Bonchev–Trinajstić information content (AvgIpc) is 2.77. The van der Waals surface area contributed by atoms with Crippen molar-refractivity contribution in [3.63, 3.8) is 0 Å². The second-order valence-corrected chi connectivity index (χ2v) is 4.00. The van der Waals surface area contributed by atoms with Crippen LogP contribution < -0.4 is 0 Å². The first-order valence-electron chi connectivity index (χ1n) is 5.16. The molecule has 0 radical (unpaired) electrons. The van der Waals surface area contributed by atoms with Crippen LogP contribution in [0.3, 0.4) is 0 Å². The zero-order valence-electron chi connectivity index (χ0n) is 9.83. The minimum atomic E-state index is 0.791. The molecule has 0 aromatic carbocycles. The maximum absolute atomic E-state index is 4.14. The lowest BCUT2D eigenvalue weighted by Crippen LogP contribution is -2.19. The molecular formula is C10H16N6. The van der Waals surface area contributed by atoms with Crippen molar-refractivity contribution in [3.05, 3.63) is 29.8 Å². The Morgan fingerprint density at radius 1 is 1.31 bits per heavy atom. The molecule has 16 heavy (non-hydrogen) atoms. The monoisotopic (exact) mass is 220 g/mol. The molecule has 0 fully saturated rings. The van der Waals surface area contributed by atoms with Crippen LogP contribution >= 0.6 is 0 Å². The first-order valence-corrected chi connectivity index (χ1v) is 5.16. The standard InChI is InChI=1S/C10H16N6/c1-14(6-9-7-15(2)13-12-9)8-10-4-5-11-16(10)3/h4-5,7H,6,8H2,1-3H3. The Labute approximate surface area is 94.5 Å². The van der Waals surface area contributed by atoms with Crippen molar-refractivity contribution in [1.82, 2.24) is 29.7 Å². The highest BCUT2D eigenvalue weighted by molar-refractivity contribution is 5.00. The Hall–Kier alpha value is -1.69. The molecule has 0 aliphatic heterocycles. The predicted octanol–water partition coefficient (Wildman–Crippen LogP) is 0.181. The van der Waals surface area contributed by atoms with Gasteiger partial charge in [-0.15, -0.1) is 5.10 Å². The molecule has 6 heteroatoms. The number of hydrogen-bond donors (Lipinski definition) is 0. The zero-order chi connectivity index (χ0) is 11.5. The molecule has 2 aromatic rings. The summed E-state index contributed by atoms with van der Waals surface area (Å²) in [6.45, 7) is 1.64. The molecule has 2 aromatic heterocycles. The van der Waals surface area contributed by atoms with E-state index in [1.165, 1.54) is 5.69 Å². The number of aryl methyl sites for hydroxylation is 2. The van der Waals surface area contributed by atoms with E-state index in [1.54, 1.807) is 4.68 Å². The SMILES string of the molecule is CN(Cc1cn(C)nn1)Cc1ccnn1C. The smallest absolute Gasteiger partial charge is 0.0967 e. The van der Waals surface area contributed by atoms with E-state index in [1.807, 2.05) is 37.2 Å². The molecular weight excluding hydrogens is 204 g/mol. The summed E-state index contributed by atoms with van der Waals surface area (Å²) in [6, 6.07) is 2.02. The van der Waals surface area contributed by atoms with E-state index >= 15 is 0 Å². The molecule has 0 aliphatic carbocycles. The summed E-state index contributed by atoms with van der Waals surface area (Å²) >= 11 is 0. The second kappa shape index (κ2) is 4.44. The van der Waals surface area contributed by atoms with Gasteiger partial charge >= 0.3 is 0 Å². The van der Waals surface area contributed by atoms with Crippen molar-refractivity contribution in [2.24, 2.45) is 14.1 Å². The normalized spacial score (nSPS) is 11.2. The molecule has 0 saturated carbocycles. The highest BCUT2D eigenvalue weighted by Gasteiger charge is 2.06. The Morgan fingerprint density at radius 3 is 2.69 bits per heavy atom. The lowest BCUT2D eigenvalue weighted by Gasteiger charge is -2.14. The molecule has 0 spiro atoms. The third kappa shape index (κ3) is 2.46.